The zero-order valence-corrected chi connectivity index (χ0v) is 11.6. The van der Waals surface area contributed by atoms with Gasteiger partial charge >= 0.3 is 0 Å². The second-order valence-electron chi connectivity index (χ2n) is 4.76. The summed E-state index contributed by atoms with van der Waals surface area (Å²) in [5.41, 5.74) is 3.34. The van der Waals surface area contributed by atoms with Gasteiger partial charge in [-0.25, -0.2) is 0 Å². The summed E-state index contributed by atoms with van der Waals surface area (Å²) in [6.45, 7) is 4.04. The van der Waals surface area contributed by atoms with Gasteiger partial charge in [0.1, 0.15) is 12.4 Å². The molecule has 0 aliphatic heterocycles. The molecule has 1 atom stereocenters. The Morgan fingerprint density at radius 2 is 2.00 bits per heavy atom. The molecule has 0 fully saturated rings. The van der Waals surface area contributed by atoms with E-state index in [9.17, 15) is 5.11 Å². The van der Waals surface area contributed by atoms with Gasteiger partial charge in [0.05, 0.1) is 17.7 Å². The second-order valence-corrected chi connectivity index (χ2v) is 4.76. The Bertz CT molecular complexity index is 642. The number of hydrogen-bond acceptors (Lipinski definition) is 3. The average molecular weight is 267 g/mol. The lowest BCUT2D eigenvalue weighted by Crippen LogP contribution is -2.00. The fourth-order valence-electron chi connectivity index (χ4n) is 2.01. The molecule has 102 valence electrons. The molecule has 3 nitrogen and oxygen atoms in total. The summed E-state index contributed by atoms with van der Waals surface area (Å²) < 4.78 is 5.77. The Kier molecular flexibility index (Phi) is 4.39. The van der Waals surface area contributed by atoms with E-state index in [1.54, 1.807) is 13.0 Å². The molecule has 0 saturated heterocycles. The molecule has 0 bridgehead atoms. The molecule has 0 amide bonds. The van der Waals surface area contributed by atoms with Crippen LogP contribution in [-0.4, -0.2) is 5.11 Å². The Hall–Kier alpha value is -2.31. The van der Waals surface area contributed by atoms with Gasteiger partial charge in [0.15, 0.2) is 0 Å². The summed E-state index contributed by atoms with van der Waals surface area (Å²) in [5, 5.41) is 18.6. The average Bonchev–Trinajstić information content (AvgIpc) is 2.46. The summed E-state index contributed by atoms with van der Waals surface area (Å²) in [4.78, 5) is 0. The smallest absolute Gasteiger partial charge is 0.122 e. The largest absolute Gasteiger partial charge is 0.489 e. The summed E-state index contributed by atoms with van der Waals surface area (Å²) in [5.74, 6) is 0.766. The second kappa shape index (κ2) is 6.23. The molecular weight excluding hydrogens is 250 g/mol. The number of rotatable bonds is 4. The van der Waals surface area contributed by atoms with Crippen molar-refractivity contribution in [1.29, 1.82) is 5.26 Å². The monoisotopic (exact) mass is 267 g/mol. The van der Waals surface area contributed by atoms with E-state index in [1.807, 2.05) is 43.3 Å². The summed E-state index contributed by atoms with van der Waals surface area (Å²) in [6, 6.07) is 15.2. The number of benzene rings is 2. The molecule has 20 heavy (non-hydrogen) atoms. The van der Waals surface area contributed by atoms with Crippen molar-refractivity contribution < 1.29 is 9.84 Å². The number of hydrogen-bond donors (Lipinski definition) is 1. The van der Waals surface area contributed by atoms with Gasteiger partial charge < -0.3 is 9.84 Å². The Morgan fingerprint density at radius 3 is 2.65 bits per heavy atom. The van der Waals surface area contributed by atoms with Crippen LogP contribution in [0.2, 0.25) is 0 Å². The predicted molar refractivity (Wildman–Crippen MR) is 77.3 cm³/mol. The number of ether oxygens (including phenoxy) is 1. The maximum atomic E-state index is 9.54. The van der Waals surface area contributed by atoms with E-state index in [-0.39, 0.29) is 0 Å². The standard InChI is InChI=1S/C17H17NO2/c1-12-9-14(13(2)19)7-8-17(12)20-11-16-6-4-3-5-15(16)10-18/h3-9,13,19H,11H2,1-2H3. The van der Waals surface area contributed by atoms with Crippen LogP contribution in [0, 0.1) is 18.3 Å². The van der Waals surface area contributed by atoms with Crippen molar-refractivity contribution in [2.24, 2.45) is 0 Å². The molecular formula is C17H17NO2. The van der Waals surface area contributed by atoms with Crippen molar-refractivity contribution in [1.82, 2.24) is 0 Å². The van der Waals surface area contributed by atoms with Crippen LogP contribution < -0.4 is 4.74 Å². The maximum Gasteiger partial charge on any atom is 0.122 e. The van der Waals surface area contributed by atoms with E-state index in [1.165, 1.54) is 0 Å². The fraction of sp³-hybridized carbons (Fsp3) is 0.235. The van der Waals surface area contributed by atoms with Crippen molar-refractivity contribution in [3.8, 4) is 11.8 Å². The van der Waals surface area contributed by atoms with Gasteiger partial charge in [-0.1, -0.05) is 24.3 Å². The van der Waals surface area contributed by atoms with E-state index >= 15 is 0 Å². The summed E-state index contributed by atoms with van der Waals surface area (Å²) >= 11 is 0. The van der Waals surface area contributed by atoms with E-state index < -0.39 is 6.10 Å². The summed E-state index contributed by atoms with van der Waals surface area (Å²) in [7, 11) is 0. The van der Waals surface area contributed by atoms with Crippen LogP contribution in [0.1, 0.15) is 35.3 Å². The SMILES string of the molecule is Cc1cc(C(C)O)ccc1OCc1ccccc1C#N. The minimum absolute atomic E-state index is 0.360. The lowest BCUT2D eigenvalue weighted by atomic mass is 10.1. The Morgan fingerprint density at radius 1 is 1.25 bits per heavy atom. The minimum atomic E-state index is -0.484. The highest BCUT2D eigenvalue weighted by Gasteiger charge is 2.07. The van der Waals surface area contributed by atoms with Gasteiger partial charge in [-0.3, -0.25) is 0 Å². The lowest BCUT2D eigenvalue weighted by Gasteiger charge is -2.12. The molecule has 1 N–H and O–H groups in total. The number of aliphatic hydroxyl groups is 1. The number of nitriles is 1. The van der Waals surface area contributed by atoms with Gasteiger partial charge in [-0.15, -0.1) is 0 Å². The number of nitrogens with zero attached hydrogens (tertiary/aromatic N) is 1. The third kappa shape index (κ3) is 3.17. The minimum Gasteiger partial charge on any atom is -0.489 e. The zero-order valence-electron chi connectivity index (χ0n) is 11.6. The molecule has 1 unspecified atom stereocenters. The highest BCUT2D eigenvalue weighted by Crippen LogP contribution is 2.23. The number of aliphatic hydroxyl groups excluding tert-OH is 1. The lowest BCUT2D eigenvalue weighted by molar-refractivity contribution is 0.199. The highest BCUT2D eigenvalue weighted by molar-refractivity contribution is 5.39. The summed E-state index contributed by atoms with van der Waals surface area (Å²) in [6.07, 6.45) is -0.484. The van der Waals surface area contributed by atoms with Crippen molar-refractivity contribution in [3.05, 3.63) is 64.7 Å². The van der Waals surface area contributed by atoms with Crippen LogP contribution in [0.3, 0.4) is 0 Å². The number of aryl methyl sites for hydroxylation is 1. The molecule has 0 aromatic heterocycles. The molecule has 3 heteroatoms. The molecule has 0 aliphatic carbocycles. The predicted octanol–water partition coefficient (Wildman–Crippen LogP) is 3.50. The van der Waals surface area contributed by atoms with E-state index in [0.717, 1.165) is 22.4 Å². The first-order valence-electron chi connectivity index (χ1n) is 6.51. The van der Waals surface area contributed by atoms with Crippen LogP contribution in [0.4, 0.5) is 0 Å². The third-order valence-corrected chi connectivity index (χ3v) is 3.20. The normalized spacial score (nSPS) is 11.7. The molecule has 2 aromatic rings. The van der Waals surface area contributed by atoms with Crippen LogP contribution in [0.15, 0.2) is 42.5 Å². The first kappa shape index (κ1) is 14.1. The molecule has 0 aliphatic rings. The van der Waals surface area contributed by atoms with Gasteiger partial charge in [-0.05, 0) is 43.2 Å². The maximum absolute atomic E-state index is 9.54. The Balaban J connectivity index is 2.14. The molecule has 2 aromatic carbocycles. The van der Waals surface area contributed by atoms with Crippen LogP contribution in [-0.2, 0) is 6.61 Å². The first-order valence-corrected chi connectivity index (χ1v) is 6.51. The highest BCUT2D eigenvalue weighted by atomic mass is 16.5. The van der Waals surface area contributed by atoms with E-state index in [2.05, 4.69) is 6.07 Å². The molecule has 2 rings (SSSR count). The van der Waals surface area contributed by atoms with Gasteiger partial charge in [0.25, 0.3) is 0 Å². The first-order chi connectivity index (χ1) is 9.61. The van der Waals surface area contributed by atoms with E-state index in [4.69, 9.17) is 10.00 Å². The molecule has 0 heterocycles. The van der Waals surface area contributed by atoms with Crippen LogP contribution >= 0.6 is 0 Å². The van der Waals surface area contributed by atoms with Gasteiger partial charge in [0, 0.05) is 5.56 Å². The van der Waals surface area contributed by atoms with Gasteiger partial charge in [-0.2, -0.15) is 5.26 Å². The third-order valence-electron chi connectivity index (χ3n) is 3.20. The molecule has 0 radical (unpaired) electrons. The van der Waals surface area contributed by atoms with Crippen molar-refractivity contribution in [2.75, 3.05) is 0 Å². The topological polar surface area (TPSA) is 53.2 Å². The van der Waals surface area contributed by atoms with E-state index in [0.29, 0.717) is 12.2 Å². The van der Waals surface area contributed by atoms with Crippen LogP contribution in [0.5, 0.6) is 5.75 Å². The quantitative estimate of drug-likeness (QED) is 0.922. The fourth-order valence-corrected chi connectivity index (χ4v) is 2.01. The van der Waals surface area contributed by atoms with Crippen molar-refractivity contribution >= 4 is 0 Å². The van der Waals surface area contributed by atoms with Gasteiger partial charge in [0.2, 0.25) is 0 Å². The molecule has 0 saturated carbocycles. The Labute approximate surface area is 119 Å². The van der Waals surface area contributed by atoms with Crippen molar-refractivity contribution in [2.45, 2.75) is 26.6 Å². The van der Waals surface area contributed by atoms with Crippen molar-refractivity contribution in [3.63, 3.8) is 0 Å². The molecule has 0 spiro atoms. The van der Waals surface area contributed by atoms with Crippen LogP contribution in [0.25, 0.3) is 0 Å². The zero-order chi connectivity index (χ0) is 14.5.